The molecule has 0 bridgehead atoms. The van der Waals surface area contributed by atoms with Gasteiger partial charge >= 0.3 is 0 Å². The summed E-state index contributed by atoms with van der Waals surface area (Å²) in [5.41, 5.74) is 0.751. The average Bonchev–Trinajstić information content (AvgIpc) is 2.98. The molecule has 1 aromatic carbocycles. The molecule has 1 heterocycles. The zero-order valence-corrected chi connectivity index (χ0v) is 12.1. The number of thiophene rings is 1. The van der Waals surface area contributed by atoms with E-state index in [0.717, 1.165) is 10.4 Å². The molecule has 0 amide bonds. The van der Waals surface area contributed by atoms with Crippen molar-refractivity contribution in [3.63, 3.8) is 0 Å². The van der Waals surface area contributed by atoms with Crippen LogP contribution in [0, 0.1) is 0 Å². The quantitative estimate of drug-likeness (QED) is 0.827. The topological polar surface area (TPSA) is 29.5 Å². The minimum absolute atomic E-state index is 0.315. The lowest BCUT2D eigenvalue weighted by Gasteiger charge is -2.15. The molecule has 1 unspecified atom stereocenters. The number of aliphatic hydroxyl groups excluding tert-OH is 1. The normalized spacial score (nSPS) is 13.8. The van der Waals surface area contributed by atoms with Gasteiger partial charge in [0.1, 0.15) is 6.10 Å². The van der Waals surface area contributed by atoms with Crippen LogP contribution in [-0.2, 0) is 4.74 Å². The molecule has 100 valence electrons. The highest BCUT2D eigenvalue weighted by atomic mass is 35.5. The highest BCUT2D eigenvalue weighted by Gasteiger charge is 2.19. The fraction of sp³-hybridized carbons (Fsp3) is 0.200. The largest absolute Gasteiger partial charge is 0.491 e. The molecule has 0 fully saturated rings. The Morgan fingerprint density at radius 3 is 2.58 bits per heavy atom. The maximum Gasteiger partial charge on any atom is 0.153 e. The van der Waals surface area contributed by atoms with Gasteiger partial charge in [-0.3, -0.25) is 0 Å². The Morgan fingerprint density at radius 1 is 1.26 bits per heavy atom. The zero-order chi connectivity index (χ0) is 13.7. The standard InChI is InChI=1S/C15H15ClO2S/c1-2-18-15(12-9-6-10-19-12)13(16)14(17)11-7-4-3-5-8-11/h3-10,14,17H,2H2,1H3/b15-13-. The van der Waals surface area contributed by atoms with Gasteiger partial charge in [-0.1, -0.05) is 48.0 Å². The molecular formula is C15H15ClO2S. The van der Waals surface area contributed by atoms with Gasteiger partial charge in [-0.05, 0) is 23.9 Å². The summed E-state index contributed by atoms with van der Waals surface area (Å²) in [6.07, 6.45) is -0.869. The summed E-state index contributed by atoms with van der Waals surface area (Å²) < 4.78 is 5.59. The van der Waals surface area contributed by atoms with Gasteiger partial charge in [0.2, 0.25) is 0 Å². The van der Waals surface area contributed by atoms with Crippen LogP contribution in [0.1, 0.15) is 23.5 Å². The van der Waals surface area contributed by atoms with Crippen molar-refractivity contribution < 1.29 is 9.84 Å². The van der Waals surface area contributed by atoms with Crippen LogP contribution in [0.5, 0.6) is 0 Å². The molecule has 0 aliphatic rings. The van der Waals surface area contributed by atoms with E-state index >= 15 is 0 Å². The number of ether oxygens (including phenoxy) is 1. The van der Waals surface area contributed by atoms with Crippen LogP contribution in [0.25, 0.3) is 5.76 Å². The Kier molecular flexibility index (Phi) is 5.02. The summed E-state index contributed by atoms with van der Waals surface area (Å²) in [4.78, 5) is 0.918. The maximum atomic E-state index is 10.3. The van der Waals surface area contributed by atoms with Crippen LogP contribution in [0.3, 0.4) is 0 Å². The molecule has 19 heavy (non-hydrogen) atoms. The van der Waals surface area contributed by atoms with Gasteiger partial charge in [0, 0.05) is 0 Å². The molecule has 0 saturated heterocycles. The molecule has 2 nitrogen and oxygen atoms in total. The molecule has 2 aromatic rings. The van der Waals surface area contributed by atoms with E-state index in [4.69, 9.17) is 16.3 Å². The van der Waals surface area contributed by atoms with Gasteiger partial charge in [-0.25, -0.2) is 0 Å². The van der Waals surface area contributed by atoms with Crippen molar-refractivity contribution in [2.75, 3.05) is 6.61 Å². The Hall–Kier alpha value is -1.29. The first-order valence-electron chi connectivity index (χ1n) is 6.03. The van der Waals surface area contributed by atoms with E-state index in [1.54, 1.807) is 0 Å². The second kappa shape index (κ2) is 6.75. The molecule has 0 saturated carbocycles. The van der Waals surface area contributed by atoms with Crippen LogP contribution in [0.2, 0.25) is 0 Å². The van der Waals surface area contributed by atoms with Gasteiger partial charge in [0.15, 0.2) is 5.76 Å². The van der Waals surface area contributed by atoms with Crippen molar-refractivity contribution in [1.82, 2.24) is 0 Å². The first kappa shape index (κ1) is 14.1. The lowest BCUT2D eigenvalue weighted by Crippen LogP contribution is -2.02. The summed E-state index contributed by atoms with van der Waals surface area (Å²) in [7, 11) is 0. The van der Waals surface area contributed by atoms with E-state index in [-0.39, 0.29) is 0 Å². The van der Waals surface area contributed by atoms with E-state index < -0.39 is 6.10 Å². The summed E-state index contributed by atoms with van der Waals surface area (Å²) in [5.74, 6) is 0.551. The van der Waals surface area contributed by atoms with Crippen molar-refractivity contribution >= 4 is 28.7 Å². The van der Waals surface area contributed by atoms with Crippen LogP contribution in [0.15, 0.2) is 52.9 Å². The van der Waals surface area contributed by atoms with Crippen LogP contribution >= 0.6 is 22.9 Å². The predicted octanol–water partition coefficient (Wildman–Crippen LogP) is 4.43. The average molecular weight is 295 g/mol. The molecule has 1 aromatic heterocycles. The summed E-state index contributed by atoms with van der Waals surface area (Å²) in [6.45, 7) is 2.40. The van der Waals surface area contributed by atoms with Crippen molar-refractivity contribution in [3.05, 3.63) is 63.3 Å². The Bertz CT molecular complexity index is 535. The van der Waals surface area contributed by atoms with Gasteiger partial charge in [0.05, 0.1) is 16.5 Å². The number of benzene rings is 1. The number of aliphatic hydroxyl groups is 1. The second-order valence-corrected chi connectivity index (χ2v) is 5.26. The molecule has 0 spiro atoms. The first-order valence-corrected chi connectivity index (χ1v) is 7.29. The van der Waals surface area contributed by atoms with Gasteiger partial charge < -0.3 is 9.84 Å². The Morgan fingerprint density at radius 2 is 2.00 bits per heavy atom. The van der Waals surface area contributed by atoms with E-state index in [1.165, 1.54) is 11.3 Å². The minimum Gasteiger partial charge on any atom is -0.491 e. The van der Waals surface area contributed by atoms with Crippen molar-refractivity contribution in [3.8, 4) is 0 Å². The highest BCUT2D eigenvalue weighted by Crippen LogP contribution is 2.34. The molecule has 1 N–H and O–H groups in total. The van der Waals surface area contributed by atoms with Crippen LogP contribution < -0.4 is 0 Å². The van der Waals surface area contributed by atoms with E-state index in [9.17, 15) is 5.11 Å². The number of hydrogen-bond acceptors (Lipinski definition) is 3. The monoisotopic (exact) mass is 294 g/mol. The molecule has 2 rings (SSSR count). The van der Waals surface area contributed by atoms with Gasteiger partial charge in [-0.15, -0.1) is 11.3 Å². The molecule has 0 aliphatic heterocycles. The third-order valence-corrected chi connectivity index (χ3v) is 3.85. The third kappa shape index (κ3) is 3.38. The Balaban J connectivity index is 2.36. The molecule has 1 atom stereocenters. The van der Waals surface area contributed by atoms with Crippen molar-refractivity contribution in [2.24, 2.45) is 0 Å². The van der Waals surface area contributed by atoms with E-state index in [1.807, 2.05) is 54.8 Å². The fourth-order valence-electron chi connectivity index (χ4n) is 1.72. The summed E-state index contributed by atoms with van der Waals surface area (Å²) in [6, 6.07) is 13.2. The van der Waals surface area contributed by atoms with Crippen molar-refractivity contribution in [1.29, 1.82) is 0 Å². The summed E-state index contributed by atoms with van der Waals surface area (Å²) >= 11 is 7.85. The van der Waals surface area contributed by atoms with Crippen LogP contribution in [-0.4, -0.2) is 11.7 Å². The highest BCUT2D eigenvalue weighted by molar-refractivity contribution is 7.11. The van der Waals surface area contributed by atoms with Gasteiger partial charge in [-0.2, -0.15) is 0 Å². The number of hydrogen-bond donors (Lipinski definition) is 1. The lowest BCUT2D eigenvalue weighted by molar-refractivity contribution is 0.216. The second-order valence-electron chi connectivity index (χ2n) is 3.90. The fourth-order valence-corrected chi connectivity index (χ4v) is 2.79. The molecule has 0 radical (unpaired) electrons. The smallest absolute Gasteiger partial charge is 0.153 e. The zero-order valence-electron chi connectivity index (χ0n) is 10.5. The molecule has 4 heteroatoms. The molecular weight excluding hydrogens is 280 g/mol. The number of halogens is 1. The SMILES string of the molecule is CCO/C(=C(\Cl)C(O)c1ccccc1)c1cccs1. The first-order chi connectivity index (χ1) is 9.24. The van der Waals surface area contributed by atoms with Crippen LogP contribution in [0.4, 0.5) is 0 Å². The predicted molar refractivity (Wildman–Crippen MR) is 80.1 cm³/mol. The Labute approximate surface area is 121 Å². The maximum absolute atomic E-state index is 10.3. The number of rotatable bonds is 5. The molecule has 0 aliphatic carbocycles. The van der Waals surface area contributed by atoms with Crippen molar-refractivity contribution in [2.45, 2.75) is 13.0 Å². The van der Waals surface area contributed by atoms with Gasteiger partial charge in [0.25, 0.3) is 0 Å². The van der Waals surface area contributed by atoms with E-state index in [2.05, 4.69) is 0 Å². The minimum atomic E-state index is -0.869. The lowest BCUT2D eigenvalue weighted by atomic mass is 10.1. The van der Waals surface area contributed by atoms with E-state index in [0.29, 0.717) is 17.4 Å². The third-order valence-electron chi connectivity index (χ3n) is 2.61. The summed E-state index contributed by atoms with van der Waals surface area (Å²) in [5, 5.41) is 12.6.